The zero-order valence-corrected chi connectivity index (χ0v) is 18.6. The van der Waals surface area contributed by atoms with Crippen LogP contribution in [0.15, 0.2) is 65.8 Å². The fourth-order valence-corrected chi connectivity index (χ4v) is 4.24. The number of hydrogen-bond donors (Lipinski definition) is 1. The van der Waals surface area contributed by atoms with Gasteiger partial charge in [0.25, 0.3) is 0 Å². The smallest absolute Gasteiger partial charge is 0.454 e. The van der Waals surface area contributed by atoms with E-state index < -0.39 is 12.3 Å². The standard InChI is InChI=1S/C24H16ClF2N3O5/c25-15-4-1-13(2-5-15)22-17(14-3-7-18-20(9-14)33-12-32-18)11-30(29-22)23(31)28-16-6-8-19-21(10-16)35-24(26,27)34-19/h1-10,17H,11-12H2,(H,28,31). The van der Waals surface area contributed by atoms with Crippen molar-refractivity contribution in [1.29, 1.82) is 0 Å². The Morgan fingerprint density at radius 3 is 2.54 bits per heavy atom. The van der Waals surface area contributed by atoms with E-state index >= 15 is 0 Å². The molecule has 0 spiro atoms. The van der Waals surface area contributed by atoms with Crippen molar-refractivity contribution in [3.8, 4) is 23.0 Å². The number of nitrogens with zero attached hydrogens (tertiary/aromatic N) is 2. The molecule has 0 radical (unpaired) electrons. The van der Waals surface area contributed by atoms with Gasteiger partial charge in [-0.05, 0) is 47.5 Å². The summed E-state index contributed by atoms with van der Waals surface area (Å²) in [6, 6.07) is 16.2. The second-order valence-electron chi connectivity index (χ2n) is 8.00. The maximum Gasteiger partial charge on any atom is 0.586 e. The summed E-state index contributed by atoms with van der Waals surface area (Å²) in [5, 5.41) is 9.12. The number of ether oxygens (including phenoxy) is 4. The summed E-state index contributed by atoms with van der Waals surface area (Å²) < 4.78 is 46.4. The first-order valence-corrected chi connectivity index (χ1v) is 10.9. The van der Waals surface area contributed by atoms with Crippen LogP contribution in [-0.4, -0.2) is 36.4 Å². The van der Waals surface area contributed by atoms with Crippen LogP contribution < -0.4 is 24.3 Å². The monoisotopic (exact) mass is 499 g/mol. The van der Waals surface area contributed by atoms with Gasteiger partial charge in [-0.2, -0.15) is 5.10 Å². The van der Waals surface area contributed by atoms with Crippen LogP contribution >= 0.6 is 11.6 Å². The van der Waals surface area contributed by atoms with E-state index in [2.05, 4.69) is 19.9 Å². The third-order valence-electron chi connectivity index (χ3n) is 5.74. The van der Waals surface area contributed by atoms with E-state index in [1.54, 1.807) is 12.1 Å². The topological polar surface area (TPSA) is 81.6 Å². The van der Waals surface area contributed by atoms with E-state index in [-0.39, 0.29) is 36.4 Å². The molecule has 3 heterocycles. The summed E-state index contributed by atoms with van der Waals surface area (Å²) in [5.41, 5.74) is 2.62. The summed E-state index contributed by atoms with van der Waals surface area (Å²) in [6.45, 7) is 0.392. The van der Waals surface area contributed by atoms with Crippen LogP contribution in [0, 0.1) is 0 Å². The third-order valence-corrected chi connectivity index (χ3v) is 5.99. The van der Waals surface area contributed by atoms with Crippen molar-refractivity contribution < 1.29 is 32.5 Å². The molecule has 6 rings (SSSR count). The average Bonchev–Trinajstić information content (AvgIpc) is 3.54. The van der Waals surface area contributed by atoms with Crippen molar-refractivity contribution in [1.82, 2.24) is 5.01 Å². The Hall–Kier alpha value is -4.05. The fraction of sp³-hybridized carbons (Fsp3) is 0.167. The van der Waals surface area contributed by atoms with Crippen molar-refractivity contribution in [2.24, 2.45) is 5.10 Å². The molecule has 0 fully saturated rings. The van der Waals surface area contributed by atoms with E-state index in [0.717, 1.165) is 11.1 Å². The average molecular weight is 500 g/mol. The van der Waals surface area contributed by atoms with Crippen molar-refractivity contribution in [3.05, 3.63) is 76.8 Å². The molecular formula is C24H16ClF2N3O5. The second kappa shape index (κ2) is 8.02. The van der Waals surface area contributed by atoms with Crippen LogP contribution in [0.3, 0.4) is 0 Å². The molecule has 3 aromatic rings. The second-order valence-corrected chi connectivity index (χ2v) is 8.44. The molecule has 0 bridgehead atoms. The molecule has 2 amide bonds. The minimum atomic E-state index is -3.74. The van der Waals surface area contributed by atoms with Gasteiger partial charge in [0.1, 0.15) is 0 Å². The first kappa shape index (κ1) is 21.5. The molecule has 1 N–H and O–H groups in total. The van der Waals surface area contributed by atoms with Gasteiger partial charge in [0, 0.05) is 22.7 Å². The predicted molar refractivity (Wildman–Crippen MR) is 122 cm³/mol. The Labute approximate surface area is 202 Å². The molecular weight excluding hydrogens is 484 g/mol. The van der Waals surface area contributed by atoms with Crippen molar-refractivity contribution in [2.75, 3.05) is 18.7 Å². The number of nitrogens with one attached hydrogen (secondary N) is 1. The number of rotatable bonds is 3. The summed E-state index contributed by atoms with van der Waals surface area (Å²) in [6.07, 6.45) is -3.74. The number of fused-ring (bicyclic) bond motifs is 2. The molecule has 8 nitrogen and oxygen atoms in total. The van der Waals surface area contributed by atoms with Gasteiger partial charge >= 0.3 is 12.3 Å². The lowest BCUT2D eigenvalue weighted by molar-refractivity contribution is -0.286. The minimum Gasteiger partial charge on any atom is -0.454 e. The fourth-order valence-electron chi connectivity index (χ4n) is 4.12. The van der Waals surface area contributed by atoms with Gasteiger partial charge in [-0.15, -0.1) is 8.78 Å². The number of carbonyl (C=O) groups is 1. The van der Waals surface area contributed by atoms with Crippen LogP contribution in [0.4, 0.5) is 19.3 Å². The van der Waals surface area contributed by atoms with Gasteiger partial charge in [0.15, 0.2) is 23.0 Å². The quantitative estimate of drug-likeness (QED) is 0.520. The highest BCUT2D eigenvalue weighted by molar-refractivity contribution is 6.30. The van der Waals surface area contributed by atoms with Gasteiger partial charge < -0.3 is 24.3 Å². The van der Waals surface area contributed by atoms with Crippen molar-refractivity contribution >= 4 is 29.0 Å². The predicted octanol–water partition coefficient (Wildman–Crippen LogP) is 5.43. The minimum absolute atomic E-state index is 0.111. The number of urea groups is 1. The molecule has 0 aliphatic carbocycles. The lowest BCUT2D eigenvalue weighted by atomic mass is 9.90. The lowest BCUT2D eigenvalue weighted by Crippen LogP contribution is -2.30. The van der Waals surface area contributed by atoms with Crippen LogP contribution in [0.25, 0.3) is 0 Å². The van der Waals surface area contributed by atoms with Gasteiger partial charge in [0.05, 0.1) is 12.3 Å². The Morgan fingerprint density at radius 1 is 0.971 bits per heavy atom. The highest BCUT2D eigenvalue weighted by atomic mass is 35.5. The summed E-state index contributed by atoms with van der Waals surface area (Å²) >= 11 is 6.05. The van der Waals surface area contributed by atoms with Crippen molar-refractivity contribution in [3.63, 3.8) is 0 Å². The molecule has 35 heavy (non-hydrogen) atoms. The summed E-state index contributed by atoms with van der Waals surface area (Å²) in [7, 11) is 0. The number of amides is 2. The summed E-state index contributed by atoms with van der Waals surface area (Å²) in [4.78, 5) is 13.1. The maximum atomic E-state index is 13.3. The molecule has 11 heteroatoms. The Morgan fingerprint density at radius 2 is 1.71 bits per heavy atom. The zero-order chi connectivity index (χ0) is 24.2. The van der Waals surface area contributed by atoms with Gasteiger partial charge in [0.2, 0.25) is 6.79 Å². The van der Waals surface area contributed by atoms with Gasteiger partial charge in [-0.25, -0.2) is 9.80 Å². The highest BCUT2D eigenvalue weighted by Crippen LogP contribution is 2.42. The molecule has 0 saturated heterocycles. The molecule has 3 aliphatic heterocycles. The van der Waals surface area contributed by atoms with E-state index in [4.69, 9.17) is 21.1 Å². The normalized spacial score (nSPS) is 19.0. The number of hydrazone groups is 1. The van der Waals surface area contributed by atoms with Crippen LogP contribution in [0.1, 0.15) is 17.0 Å². The molecule has 3 aromatic carbocycles. The van der Waals surface area contributed by atoms with Gasteiger partial charge in [-0.1, -0.05) is 29.8 Å². The van der Waals surface area contributed by atoms with E-state index in [1.165, 1.54) is 23.2 Å². The first-order valence-electron chi connectivity index (χ1n) is 10.6. The zero-order valence-electron chi connectivity index (χ0n) is 17.8. The number of carbonyl (C=O) groups excluding carboxylic acids is 1. The molecule has 0 aromatic heterocycles. The number of hydrogen-bond acceptors (Lipinski definition) is 6. The van der Waals surface area contributed by atoms with E-state index in [9.17, 15) is 13.6 Å². The van der Waals surface area contributed by atoms with Crippen molar-refractivity contribution in [2.45, 2.75) is 12.2 Å². The lowest BCUT2D eigenvalue weighted by Gasteiger charge is -2.16. The third kappa shape index (κ3) is 4.06. The molecule has 178 valence electrons. The van der Waals surface area contributed by atoms with Crippen LogP contribution in [0.5, 0.6) is 23.0 Å². The highest BCUT2D eigenvalue weighted by Gasteiger charge is 2.43. The number of alkyl halides is 2. The largest absolute Gasteiger partial charge is 0.586 e. The molecule has 3 aliphatic rings. The SMILES string of the molecule is O=C(Nc1ccc2c(c1)OC(F)(F)O2)N1CC(c2ccc3c(c2)OCO3)C(c2ccc(Cl)cc2)=N1. The molecule has 0 saturated carbocycles. The molecule has 1 unspecified atom stereocenters. The van der Waals surface area contributed by atoms with Crippen LogP contribution in [-0.2, 0) is 0 Å². The number of halogens is 3. The molecule has 1 atom stereocenters. The Balaban J connectivity index is 1.28. The first-order chi connectivity index (χ1) is 16.8. The Kier molecular flexibility index (Phi) is 4.92. The Bertz CT molecular complexity index is 1370. The van der Waals surface area contributed by atoms with Gasteiger partial charge in [-0.3, -0.25) is 0 Å². The maximum absolute atomic E-state index is 13.3. The van der Waals surface area contributed by atoms with E-state index in [0.29, 0.717) is 22.2 Å². The van der Waals surface area contributed by atoms with E-state index in [1.807, 2.05) is 30.3 Å². The number of anilines is 1. The number of benzene rings is 3. The summed E-state index contributed by atoms with van der Waals surface area (Å²) in [5.74, 6) is 0.738. The van der Waals surface area contributed by atoms with Crippen LogP contribution in [0.2, 0.25) is 5.02 Å².